The smallest absolute Gasteiger partial charge is 0.348 e. The molecule has 0 fully saturated rings. The molecular formula is C23H15F4N3O. The average Bonchev–Trinajstić information content (AvgIpc) is 2.76. The van der Waals surface area contributed by atoms with Gasteiger partial charge < -0.3 is 5.32 Å². The summed E-state index contributed by atoms with van der Waals surface area (Å²) >= 11 is 0. The molecule has 4 rings (SSSR count). The number of halogens is 4. The molecule has 0 atom stereocenters. The van der Waals surface area contributed by atoms with Gasteiger partial charge in [0.25, 0.3) is 5.91 Å². The van der Waals surface area contributed by atoms with Gasteiger partial charge in [-0.15, -0.1) is 0 Å². The second-order valence-electron chi connectivity index (χ2n) is 6.84. The lowest BCUT2D eigenvalue weighted by Crippen LogP contribution is -2.23. The Bertz CT molecular complexity index is 1270. The van der Waals surface area contributed by atoms with Crippen LogP contribution in [0.15, 0.2) is 73.1 Å². The second-order valence-corrected chi connectivity index (χ2v) is 6.84. The van der Waals surface area contributed by atoms with E-state index in [1.807, 2.05) is 0 Å². The molecule has 2 heterocycles. The van der Waals surface area contributed by atoms with Gasteiger partial charge in [0.2, 0.25) is 0 Å². The van der Waals surface area contributed by atoms with Crippen LogP contribution in [0.3, 0.4) is 0 Å². The van der Waals surface area contributed by atoms with Crippen LogP contribution in [-0.4, -0.2) is 15.9 Å². The predicted octanol–water partition coefficient (Wildman–Crippen LogP) is 5.38. The molecule has 0 radical (unpaired) electrons. The summed E-state index contributed by atoms with van der Waals surface area (Å²) in [6.07, 6.45) is -1.54. The highest BCUT2D eigenvalue weighted by Gasteiger charge is 2.30. The van der Waals surface area contributed by atoms with Gasteiger partial charge in [-0.1, -0.05) is 24.3 Å². The van der Waals surface area contributed by atoms with Crippen molar-refractivity contribution in [2.75, 3.05) is 0 Å². The van der Waals surface area contributed by atoms with E-state index >= 15 is 0 Å². The van der Waals surface area contributed by atoms with Gasteiger partial charge in [0, 0.05) is 29.9 Å². The van der Waals surface area contributed by atoms with Crippen molar-refractivity contribution in [2.24, 2.45) is 0 Å². The Labute approximate surface area is 174 Å². The number of pyridine rings is 2. The molecule has 4 aromatic rings. The van der Waals surface area contributed by atoms with E-state index in [-0.39, 0.29) is 23.4 Å². The molecule has 0 aliphatic carbocycles. The van der Waals surface area contributed by atoms with Crippen LogP contribution >= 0.6 is 0 Å². The van der Waals surface area contributed by atoms with Gasteiger partial charge in [0.05, 0.1) is 22.3 Å². The lowest BCUT2D eigenvalue weighted by molar-refractivity contribution is -0.137. The van der Waals surface area contributed by atoms with Crippen LogP contribution < -0.4 is 5.32 Å². The van der Waals surface area contributed by atoms with Gasteiger partial charge in [-0.2, -0.15) is 13.2 Å². The summed E-state index contributed by atoms with van der Waals surface area (Å²) in [5.74, 6) is -0.893. The zero-order valence-electron chi connectivity index (χ0n) is 15.9. The minimum absolute atomic E-state index is 0.0829. The Balaban J connectivity index is 1.72. The Morgan fingerprint density at radius 1 is 1.00 bits per heavy atom. The molecule has 0 saturated carbocycles. The van der Waals surface area contributed by atoms with Crippen molar-refractivity contribution in [3.05, 3.63) is 95.6 Å². The molecule has 31 heavy (non-hydrogen) atoms. The first-order chi connectivity index (χ1) is 14.8. The van der Waals surface area contributed by atoms with Crippen LogP contribution in [0.4, 0.5) is 17.6 Å². The fourth-order valence-corrected chi connectivity index (χ4v) is 3.18. The third-order valence-electron chi connectivity index (χ3n) is 4.68. The molecular weight excluding hydrogens is 410 g/mol. The molecule has 2 aromatic carbocycles. The summed E-state index contributed by atoms with van der Waals surface area (Å²) in [7, 11) is 0. The zero-order valence-corrected chi connectivity index (χ0v) is 15.9. The summed E-state index contributed by atoms with van der Waals surface area (Å²) in [5.41, 5.74) is 0.845. The second kappa shape index (κ2) is 8.14. The molecule has 0 aliphatic rings. The normalized spacial score (nSPS) is 11.5. The number of rotatable bonds is 4. The molecule has 0 bridgehead atoms. The number of hydrogen-bond acceptors (Lipinski definition) is 3. The number of benzene rings is 2. The van der Waals surface area contributed by atoms with E-state index < -0.39 is 23.5 Å². The Morgan fingerprint density at radius 2 is 1.81 bits per heavy atom. The Morgan fingerprint density at radius 3 is 2.58 bits per heavy atom. The van der Waals surface area contributed by atoms with Crippen LogP contribution in [0, 0.1) is 5.82 Å². The highest BCUT2D eigenvalue weighted by Crippen LogP contribution is 2.32. The number of carbonyl (C=O) groups excluding carboxylic acids is 1. The van der Waals surface area contributed by atoms with Crippen LogP contribution in [0.5, 0.6) is 0 Å². The van der Waals surface area contributed by atoms with Crippen LogP contribution in [0.2, 0.25) is 0 Å². The third-order valence-corrected chi connectivity index (χ3v) is 4.68. The number of alkyl halides is 3. The molecule has 0 saturated heterocycles. The molecule has 0 unspecified atom stereocenters. The molecule has 2 aromatic heterocycles. The molecule has 0 spiro atoms. The van der Waals surface area contributed by atoms with Crippen LogP contribution in [0.25, 0.3) is 22.2 Å². The first kappa shape index (κ1) is 20.5. The molecule has 4 nitrogen and oxygen atoms in total. The minimum atomic E-state index is -4.50. The van der Waals surface area contributed by atoms with Gasteiger partial charge >= 0.3 is 6.18 Å². The minimum Gasteiger partial charge on any atom is -0.348 e. The molecule has 8 heteroatoms. The SMILES string of the molecule is O=C(NCc1cccc(F)c1)c1cc(-c2cccc(C(F)(F)F)c2)nc2ccncc12. The lowest BCUT2D eigenvalue weighted by Gasteiger charge is -2.12. The maximum atomic E-state index is 13.4. The van der Waals surface area contributed by atoms with Gasteiger partial charge in [0.15, 0.2) is 0 Å². The molecule has 1 N–H and O–H groups in total. The third kappa shape index (κ3) is 4.53. The zero-order chi connectivity index (χ0) is 22.0. The largest absolute Gasteiger partial charge is 0.416 e. The van der Waals surface area contributed by atoms with E-state index in [1.54, 1.807) is 12.1 Å². The van der Waals surface area contributed by atoms with E-state index in [1.165, 1.54) is 48.8 Å². The van der Waals surface area contributed by atoms with Crippen molar-refractivity contribution in [1.82, 2.24) is 15.3 Å². The topological polar surface area (TPSA) is 54.9 Å². The predicted molar refractivity (Wildman–Crippen MR) is 108 cm³/mol. The lowest BCUT2D eigenvalue weighted by atomic mass is 10.0. The summed E-state index contributed by atoms with van der Waals surface area (Å²) in [4.78, 5) is 21.3. The number of aromatic nitrogens is 2. The molecule has 1 amide bonds. The van der Waals surface area contributed by atoms with Crippen molar-refractivity contribution in [3.8, 4) is 11.3 Å². The highest BCUT2D eigenvalue weighted by molar-refractivity contribution is 6.06. The monoisotopic (exact) mass is 425 g/mol. The quantitative estimate of drug-likeness (QED) is 0.447. The van der Waals surface area contributed by atoms with Crippen LogP contribution in [0.1, 0.15) is 21.5 Å². The van der Waals surface area contributed by atoms with Crippen molar-refractivity contribution in [2.45, 2.75) is 12.7 Å². The Kier molecular flexibility index (Phi) is 5.37. The number of hydrogen-bond donors (Lipinski definition) is 1. The van der Waals surface area contributed by atoms with Crippen molar-refractivity contribution < 1.29 is 22.4 Å². The van der Waals surface area contributed by atoms with Gasteiger partial charge in [-0.25, -0.2) is 9.37 Å². The fraction of sp³-hybridized carbons (Fsp3) is 0.0870. The number of nitrogens with one attached hydrogen (secondary N) is 1. The van der Waals surface area contributed by atoms with E-state index in [0.717, 1.165) is 12.1 Å². The molecule has 156 valence electrons. The van der Waals surface area contributed by atoms with Crippen molar-refractivity contribution >= 4 is 16.8 Å². The standard InChI is InChI=1S/C23H15F4N3O/c24-17-6-1-3-14(9-17)12-29-22(31)18-11-21(30-20-7-8-28-13-19(18)20)15-4-2-5-16(10-15)23(25,26)27/h1-11,13H,12H2,(H,29,31). The Hall–Kier alpha value is -3.81. The summed E-state index contributed by atoms with van der Waals surface area (Å²) in [5, 5.41) is 3.16. The first-order valence-electron chi connectivity index (χ1n) is 9.26. The number of carbonyl (C=O) groups is 1. The van der Waals surface area contributed by atoms with Gasteiger partial charge in [-0.05, 0) is 42.0 Å². The van der Waals surface area contributed by atoms with E-state index in [9.17, 15) is 22.4 Å². The number of nitrogens with zero attached hydrogens (tertiary/aromatic N) is 2. The maximum Gasteiger partial charge on any atom is 0.416 e. The van der Waals surface area contributed by atoms with E-state index in [0.29, 0.717) is 16.5 Å². The van der Waals surface area contributed by atoms with E-state index in [4.69, 9.17) is 0 Å². The highest BCUT2D eigenvalue weighted by atomic mass is 19.4. The first-order valence-corrected chi connectivity index (χ1v) is 9.26. The van der Waals surface area contributed by atoms with E-state index in [2.05, 4.69) is 15.3 Å². The fourth-order valence-electron chi connectivity index (χ4n) is 3.18. The van der Waals surface area contributed by atoms with Crippen molar-refractivity contribution in [1.29, 1.82) is 0 Å². The summed E-state index contributed by atoms with van der Waals surface area (Å²) in [6, 6.07) is 13.6. The van der Waals surface area contributed by atoms with Crippen molar-refractivity contribution in [3.63, 3.8) is 0 Å². The van der Waals surface area contributed by atoms with Gasteiger partial charge in [0.1, 0.15) is 5.82 Å². The van der Waals surface area contributed by atoms with Gasteiger partial charge in [-0.3, -0.25) is 9.78 Å². The summed E-state index contributed by atoms with van der Waals surface area (Å²) in [6.45, 7) is 0.0829. The number of amides is 1. The number of fused-ring (bicyclic) bond motifs is 1. The van der Waals surface area contributed by atoms with Crippen LogP contribution in [-0.2, 0) is 12.7 Å². The maximum absolute atomic E-state index is 13.4. The summed E-state index contributed by atoms with van der Waals surface area (Å²) < 4.78 is 52.7. The average molecular weight is 425 g/mol. The molecule has 0 aliphatic heterocycles.